The molecule has 98 valence electrons. The second-order valence-electron chi connectivity index (χ2n) is 5.81. The summed E-state index contributed by atoms with van der Waals surface area (Å²) in [6.07, 6.45) is 5.44. The largest absolute Gasteiger partial charge is 0.316 e. The first-order valence-corrected chi connectivity index (χ1v) is 7.42. The van der Waals surface area contributed by atoms with Crippen molar-refractivity contribution in [2.75, 3.05) is 19.6 Å². The lowest BCUT2D eigenvalue weighted by molar-refractivity contribution is 0.490. The van der Waals surface area contributed by atoms with E-state index in [0.717, 1.165) is 17.9 Å². The van der Waals surface area contributed by atoms with Gasteiger partial charge in [0, 0.05) is 12.0 Å². The van der Waals surface area contributed by atoms with Crippen molar-refractivity contribution in [2.45, 2.75) is 37.6 Å². The lowest BCUT2D eigenvalue weighted by atomic mass is 10.0. The summed E-state index contributed by atoms with van der Waals surface area (Å²) in [7, 11) is 0. The third-order valence-electron chi connectivity index (χ3n) is 4.38. The molecular weight excluding hydrogens is 220 g/mol. The summed E-state index contributed by atoms with van der Waals surface area (Å²) in [6, 6.07) is 11.7. The van der Waals surface area contributed by atoms with Gasteiger partial charge in [-0.2, -0.15) is 0 Å². The fourth-order valence-corrected chi connectivity index (χ4v) is 3.13. The Hall–Kier alpha value is -0.860. The number of hydrogen-bond donors (Lipinski definition) is 2. The summed E-state index contributed by atoms with van der Waals surface area (Å²) in [5, 5.41) is 7.15. The molecule has 2 N–H and O–H groups in total. The Labute approximate surface area is 110 Å². The molecule has 0 radical (unpaired) electrons. The van der Waals surface area contributed by atoms with Crippen LogP contribution in [0.2, 0.25) is 0 Å². The molecule has 1 aliphatic heterocycles. The molecule has 3 unspecified atom stereocenters. The van der Waals surface area contributed by atoms with Crippen molar-refractivity contribution in [3.8, 4) is 0 Å². The molecule has 1 aromatic rings. The van der Waals surface area contributed by atoms with Crippen molar-refractivity contribution in [2.24, 2.45) is 5.92 Å². The van der Waals surface area contributed by atoms with Gasteiger partial charge in [-0.05, 0) is 56.8 Å². The molecule has 2 fully saturated rings. The summed E-state index contributed by atoms with van der Waals surface area (Å²) in [5.41, 5.74) is 1.51. The van der Waals surface area contributed by atoms with E-state index in [9.17, 15) is 0 Å². The van der Waals surface area contributed by atoms with Crippen LogP contribution in [0.4, 0.5) is 0 Å². The summed E-state index contributed by atoms with van der Waals surface area (Å²) in [5.74, 6) is 1.72. The quantitative estimate of drug-likeness (QED) is 0.751. The zero-order chi connectivity index (χ0) is 12.2. The average molecular weight is 244 g/mol. The summed E-state index contributed by atoms with van der Waals surface area (Å²) in [4.78, 5) is 0. The molecule has 2 nitrogen and oxygen atoms in total. The second kappa shape index (κ2) is 5.85. The van der Waals surface area contributed by atoms with Gasteiger partial charge in [-0.1, -0.05) is 30.3 Å². The van der Waals surface area contributed by atoms with E-state index in [4.69, 9.17) is 0 Å². The lowest BCUT2D eigenvalue weighted by Gasteiger charge is -2.08. The van der Waals surface area contributed by atoms with Gasteiger partial charge in [-0.15, -0.1) is 0 Å². The van der Waals surface area contributed by atoms with E-state index in [1.54, 1.807) is 0 Å². The standard InChI is InChI=1S/C16H24N2/c1-2-6-14(7-3-1)15-11-16(15)18-9-4-5-13-8-10-17-12-13/h1-3,6-7,13,15-18H,4-5,8-12H2. The van der Waals surface area contributed by atoms with Crippen LogP contribution in [0.25, 0.3) is 0 Å². The number of nitrogens with one attached hydrogen (secondary N) is 2. The summed E-state index contributed by atoms with van der Waals surface area (Å²) >= 11 is 0. The van der Waals surface area contributed by atoms with Gasteiger partial charge in [0.05, 0.1) is 0 Å². The predicted octanol–water partition coefficient (Wildman–Crippen LogP) is 2.52. The molecule has 1 aromatic carbocycles. The first kappa shape index (κ1) is 12.2. The Bertz CT molecular complexity index is 357. The molecule has 1 saturated heterocycles. The lowest BCUT2D eigenvalue weighted by Crippen LogP contribution is -2.20. The highest BCUT2D eigenvalue weighted by molar-refractivity contribution is 5.27. The van der Waals surface area contributed by atoms with Crippen molar-refractivity contribution >= 4 is 0 Å². The first-order valence-electron chi connectivity index (χ1n) is 7.42. The maximum atomic E-state index is 3.71. The van der Waals surface area contributed by atoms with Gasteiger partial charge in [0.25, 0.3) is 0 Å². The van der Waals surface area contributed by atoms with Crippen molar-refractivity contribution in [1.82, 2.24) is 10.6 Å². The molecule has 3 rings (SSSR count). The highest BCUT2D eigenvalue weighted by Crippen LogP contribution is 2.40. The highest BCUT2D eigenvalue weighted by Gasteiger charge is 2.37. The Balaban J connectivity index is 1.31. The monoisotopic (exact) mass is 244 g/mol. The summed E-state index contributed by atoms with van der Waals surface area (Å²) < 4.78 is 0. The summed E-state index contributed by atoms with van der Waals surface area (Å²) in [6.45, 7) is 3.68. The third-order valence-corrected chi connectivity index (χ3v) is 4.38. The minimum atomic E-state index is 0.745. The maximum Gasteiger partial charge on any atom is 0.0143 e. The minimum Gasteiger partial charge on any atom is -0.316 e. The van der Waals surface area contributed by atoms with Crippen LogP contribution in [0.3, 0.4) is 0 Å². The van der Waals surface area contributed by atoms with Gasteiger partial charge in [-0.3, -0.25) is 0 Å². The normalized spacial score (nSPS) is 30.6. The topological polar surface area (TPSA) is 24.1 Å². The van der Waals surface area contributed by atoms with Gasteiger partial charge in [0.15, 0.2) is 0 Å². The van der Waals surface area contributed by atoms with Crippen LogP contribution in [-0.4, -0.2) is 25.7 Å². The van der Waals surface area contributed by atoms with Gasteiger partial charge in [-0.25, -0.2) is 0 Å². The SMILES string of the molecule is c1ccc(C2CC2NCCCC2CCNC2)cc1. The Morgan fingerprint density at radius 2 is 2.11 bits per heavy atom. The van der Waals surface area contributed by atoms with E-state index >= 15 is 0 Å². The molecule has 2 aliphatic rings. The van der Waals surface area contributed by atoms with Crippen molar-refractivity contribution in [3.05, 3.63) is 35.9 Å². The highest BCUT2D eigenvalue weighted by atomic mass is 15.0. The van der Waals surface area contributed by atoms with E-state index < -0.39 is 0 Å². The van der Waals surface area contributed by atoms with Gasteiger partial charge in [0.1, 0.15) is 0 Å². The van der Waals surface area contributed by atoms with Crippen LogP contribution in [0.15, 0.2) is 30.3 Å². The average Bonchev–Trinajstić information content (AvgIpc) is 3.01. The van der Waals surface area contributed by atoms with Crippen molar-refractivity contribution < 1.29 is 0 Å². The minimum absolute atomic E-state index is 0.745. The van der Waals surface area contributed by atoms with Crippen LogP contribution < -0.4 is 10.6 Å². The second-order valence-corrected chi connectivity index (χ2v) is 5.81. The fourth-order valence-electron chi connectivity index (χ4n) is 3.13. The molecule has 2 heteroatoms. The smallest absolute Gasteiger partial charge is 0.0143 e. The first-order chi connectivity index (χ1) is 8.93. The Morgan fingerprint density at radius 1 is 1.22 bits per heavy atom. The molecule has 0 amide bonds. The van der Waals surface area contributed by atoms with E-state index in [0.29, 0.717) is 0 Å². The molecule has 0 spiro atoms. The molecule has 1 aliphatic carbocycles. The Morgan fingerprint density at radius 3 is 2.89 bits per heavy atom. The van der Waals surface area contributed by atoms with E-state index in [1.807, 2.05) is 0 Å². The van der Waals surface area contributed by atoms with Crippen LogP contribution in [-0.2, 0) is 0 Å². The maximum absolute atomic E-state index is 3.71. The molecular formula is C16H24N2. The molecule has 3 atom stereocenters. The molecule has 0 aromatic heterocycles. The number of rotatable bonds is 6. The van der Waals surface area contributed by atoms with E-state index in [1.165, 1.54) is 50.9 Å². The molecule has 1 saturated carbocycles. The molecule has 1 heterocycles. The van der Waals surface area contributed by atoms with Crippen LogP contribution in [0, 0.1) is 5.92 Å². The van der Waals surface area contributed by atoms with E-state index in [-0.39, 0.29) is 0 Å². The van der Waals surface area contributed by atoms with Crippen LogP contribution in [0.1, 0.15) is 37.2 Å². The fraction of sp³-hybridized carbons (Fsp3) is 0.625. The van der Waals surface area contributed by atoms with Crippen LogP contribution in [0.5, 0.6) is 0 Å². The number of benzene rings is 1. The molecule has 18 heavy (non-hydrogen) atoms. The van der Waals surface area contributed by atoms with Crippen molar-refractivity contribution in [3.63, 3.8) is 0 Å². The van der Waals surface area contributed by atoms with E-state index in [2.05, 4.69) is 41.0 Å². The van der Waals surface area contributed by atoms with Gasteiger partial charge in [0.2, 0.25) is 0 Å². The van der Waals surface area contributed by atoms with Crippen molar-refractivity contribution in [1.29, 1.82) is 0 Å². The number of hydrogen-bond acceptors (Lipinski definition) is 2. The Kier molecular flexibility index (Phi) is 3.96. The molecule has 0 bridgehead atoms. The zero-order valence-corrected chi connectivity index (χ0v) is 11.1. The zero-order valence-electron chi connectivity index (χ0n) is 11.1. The third kappa shape index (κ3) is 3.12. The van der Waals surface area contributed by atoms with Gasteiger partial charge >= 0.3 is 0 Å². The van der Waals surface area contributed by atoms with Crippen LogP contribution >= 0.6 is 0 Å². The predicted molar refractivity (Wildman–Crippen MR) is 75.8 cm³/mol. The van der Waals surface area contributed by atoms with Gasteiger partial charge < -0.3 is 10.6 Å².